The Bertz CT molecular complexity index is 439. The van der Waals surface area contributed by atoms with E-state index in [1.54, 1.807) is 31.4 Å². The maximum atomic E-state index is 12.0. The molecule has 17 heavy (non-hydrogen) atoms. The number of nitrogens with one attached hydrogen (secondary N) is 1. The van der Waals surface area contributed by atoms with Gasteiger partial charge in [0, 0.05) is 6.04 Å². The van der Waals surface area contributed by atoms with Crippen LogP contribution in [0.3, 0.4) is 0 Å². The summed E-state index contributed by atoms with van der Waals surface area (Å²) < 4.78 is 29.0. The van der Waals surface area contributed by atoms with Gasteiger partial charge in [-0.05, 0) is 44.7 Å². The summed E-state index contributed by atoms with van der Waals surface area (Å²) in [5.41, 5.74) is 0. The maximum Gasteiger partial charge on any atom is 0.178 e. The van der Waals surface area contributed by atoms with Gasteiger partial charge in [0.05, 0.1) is 17.8 Å². The van der Waals surface area contributed by atoms with Gasteiger partial charge < -0.3 is 10.1 Å². The molecule has 1 unspecified atom stereocenters. The normalized spacial score (nSPS) is 13.4. The Kier molecular flexibility index (Phi) is 4.96. The van der Waals surface area contributed by atoms with Crippen molar-refractivity contribution in [3.63, 3.8) is 0 Å². The van der Waals surface area contributed by atoms with Gasteiger partial charge in [-0.1, -0.05) is 0 Å². The molecule has 0 fully saturated rings. The minimum atomic E-state index is -3.19. The van der Waals surface area contributed by atoms with Gasteiger partial charge >= 0.3 is 0 Å². The van der Waals surface area contributed by atoms with E-state index in [0.29, 0.717) is 17.1 Å². The zero-order valence-corrected chi connectivity index (χ0v) is 11.3. The second-order valence-corrected chi connectivity index (χ2v) is 6.08. The summed E-state index contributed by atoms with van der Waals surface area (Å²) >= 11 is 0. The fourth-order valence-electron chi connectivity index (χ4n) is 1.38. The van der Waals surface area contributed by atoms with Gasteiger partial charge in [-0.15, -0.1) is 0 Å². The summed E-state index contributed by atoms with van der Waals surface area (Å²) in [5, 5.41) is 3.02. The summed E-state index contributed by atoms with van der Waals surface area (Å²) in [5.74, 6) is 0.814. The molecular formula is C12H19NO3S. The van der Waals surface area contributed by atoms with Crippen LogP contribution in [0.4, 0.5) is 0 Å². The van der Waals surface area contributed by atoms with E-state index in [1.807, 2.05) is 14.0 Å². The molecule has 1 atom stereocenters. The van der Waals surface area contributed by atoms with Gasteiger partial charge in [-0.3, -0.25) is 0 Å². The summed E-state index contributed by atoms with van der Waals surface area (Å²) in [6.07, 6.45) is 0.602. The third-order valence-electron chi connectivity index (χ3n) is 2.73. The lowest BCUT2D eigenvalue weighted by molar-refractivity contribution is 0.414. The fraction of sp³-hybridized carbons (Fsp3) is 0.500. The average molecular weight is 257 g/mol. The molecule has 0 saturated carbocycles. The van der Waals surface area contributed by atoms with Crippen molar-refractivity contribution in [3.05, 3.63) is 24.3 Å². The van der Waals surface area contributed by atoms with Crippen LogP contribution in [0.1, 0.15) is 13.3 Å². The van der Waals surface area contributed by atoms with Crippen molar-refractivity contribution < 1.29 is 13.2 Å². The van der Waals surface area contributed by atoms with Crippen molar-refractivity contribution in [2.24, 2.45) is 0 Å². The molecule has 1 aromatic rings. The zero-order chi connectivity index (χ0) is 12.9. The van der Waals surface area contributed by atoms with Crippen molar-refractivity contribution in [1.82, 2.24) is 5.32 Å². The van der Waals surface area contributed by atoms with Crippen LogP contribution in [-0.2, 0) is 9.84 Å². The highest BCUT2D eigenvalue weighted by Crippen LogP contribution is 2.17. The molecule has 0 spiro atoms. The lowest BCUT2D eigenvalue weighted by atomic mass is 10.3. The van der Waals surface area contributed by atoms with Gasteiger partial charge in [0.2, 0.25) is 0 Å². The molecule has 1 N–H and O–H groups in total. The standard InChI is InChI=1S/C12H19NO3S/c1-10(13-2)8-9-17(14,15)12-6-4-11(16-3)5-7-12/h4-7,10,13H,8-9H2,1-3H3. The van der Waals surface area contributed by atoms with E-state index in [9.17, 15) is 8.42 Å². The van der Waals surface area contributed by atoms with Gasteiger partial charge in [0.25, 0.3) is 0 Å². The number of benzene rings is 1. The van der Waals surface area contributed by atoms with Crippen LogP contribution < -0.4 is 10.1 Å². The van der Waals surface area contributed by atoms with Crippen molar-refractivity contribution >= 4 is 9.84 Å². The SMILES string of the molecule is CNC(C)CCS(=O)(=O)c1ccc(OC)cc1. The molecule has 0 heterocycles. The van der Waals surface area contributed by atoms with Crippen LogP contribution >= 0.6 is 0 Å². The van der Waals surface area contributed by atoms with E-state index in [1.165, 1.54) is 0 Å². The lowest BCUT2D eigenvalue weighted by Crippen LogP contribution is -2.24. The summed E-state index contributed by atoms with van der Waals surface area (Å²) in [4.78, 5) is 0.349. The first-order valence-electron chi connectivity index (χ1n) is 5.53. The molecule has 0 aliphatic rings. The third kappa shape index (κ3) is 4.02. The first-order chi connectivity index (χ1) is 7.99. The second-order valence-electron chi connectivity index (χ2n) is 3.97. The van der Waals surface area contributed by atoms with Gasteiger partial charge in [-0.2, -0.15) is 0 Å². The van der Waals surface area contributed by atoms with E-state index in [0.717, 1.165) is 0 Å². The average Bonchev–Trinajstić information content (AvgIpc) is 2.36. The molecule has 1 aromatic carbocycles. The molecule has 0 aliphatic carbocycles. The molecule has 0 radical (unpaired) electrons. The maximum absolute atomic E-state index is 12.0. The smallest absolute Gasteiger partial charge is 0.178 e. The Morgan fingerprint density at radius 1 is 1.29 bits per heavy atom. The monoisotopic (exact) mass is 257 g/mol. The number of hydrogen-bond donors (Lipinski definition) is 1. The highest BCUT2D eigenvalue weighted by Gasteiger charge is 2.15. The van der Waals surface area contributed by atoms with E-state index in [4.69, 9.17) is 4.74 Å². The zero-order valence-electron chi connectivity index (χ0n) is 10.4. The van der Waals surface area contributed by atoms with E-state index in [-0.39, 0.29) is 11.8 Å². The Balaban J connectivity index is 2.75. The van der Waals surface area contributed by atoms with Crippen molar-refractivity contribution in [2.75, 3.05) is 19.9 Å². The van der Waals surface area contributed by atoms with Crippen LogP contribution in [0.5, 0.6) is 5.75 Å². The first kappa shape index (κ1) is 14.0. The molecule has 0 bridgehead atoms. The van der Waals surface area contributed by atoms with Crippen LogP contribution in [0.15, 0.2) is 29.2 Å². The van der Waals surface area contributed by atoms with Crippen molar-refractivity contribution in [3.8, 4) is 5.75 Å². The van der Waals surface area contributed by atoms with Crippen LogP contribution in [0.2, 0.25) is 0 Å². The highest BCUT2D eigenvalue weighted by molar-refractivity contribution is 7.91. The van der Waals surface area contributed by atoms with Crippen molar-refractivity contribution in [2.45, 2.75) is 24.3 Å². The van der Waals surface area contributed by atoms with Crippen LogP contribution in [0, 0.1) is 0 Å². The summed E-state index contributed by atoms with van der Waals surface area (Å²) in [6, 6.07) is 6.68. The predicted octanol–water partition coefficient (Wildman–Crippen LogP) is 1.47. The van der Waals surface area contributed by atoms with E-state index < -0.39 is 9.84 Å². The quantitative estimate of drug-likeness (QED) is 0.838. The number of methoxy groups -OCH3 is 1. The highest BCUT2D eigenvalue weighted by atomic mass is 32.2. The van der Waals surface area contributed by atoms with Gasteiger partial charge in [-0.25, -0.2) is 8.42 Å². The number of ether oxygens (including phenoxy) is 1. The van der Waals surface area contributed by atoms with E-state index >= 15 is 0 Å². The minimum Gasteiger partial charge on any atom is -0.497 e. The molecule has 96 valence electrons. The molecule has 1 rings (SSSR count). The molecule has 5 heteroatoms. The Hall–Kier alpha value is -1.07. The van der Waals surface area contributed by atoms with Gasteiger partial charge in [0.15, 0.2) is 9.84 Å². The summed E-state index contributed by atoms with van der Waals surface area (Å²) in [6.45, 7) is 1.96. The Morgan fingerprint density at radius 3 is 2.35 bits per heavy atom. The third-order valence-corrected chi connectivity index (χ3v) is 4.49. The number of rotatable bonds is 6. The molecule has 0 amide bonds. The molecule has 0 aromatic heterocycles. The van der Waals surface area contributed by atoms with Crippen molar-refractivity contribution in [1.29, 1.82) is 0 Å². The first-order valence-corrected chi connectivity index (χ1v) is 7.19. The molecule has 4 nitrogen and oxygen atoms in total. The fourth-order valence-corrected chi connectivity index (χ4v) is 2.83. The Labute approximate surface area is 103 Å². The predicted molar refractivity (Wildman–Crippen MR) is 68.2 cm³/mol. The number of sulfone groups is 1. The Morgan fingerprint density at radius 2 is 1.88 bits per heavy atom. The molecular weight excluding hydrogens is 238 g/mol. The topological polar surface area (TPSA) is 55.4 Å². The summed E-state index contributed by atoms with van der Waals surface area (Å²) in [7, 11) is 0.192. The number of hydrogen-bond acceptors (Lipinski definition) is 4. The van der Waals surface area contributed by atoms with Gasteiger partial charge in [0.1, 0.15) is 5.75 Å². The van der Waals surface area contributed by atoms with Crippen LogP contribution in [0.25, 0.3) is 0 Å². The minimum absolute atomic E-state index is 0.154. The largest absolute Gasteiger partial charge is 0.497 e. The molecule has 0 saturated heterocycles. The molecule has 0 aliphatic heterocycles. The van der Waals surface area contributed by atoms with Crippen LogP contribution in [-0.4, -0.2) is 34.4 Å². The lowest BCUT2D eigenvalue weighted by Gasteiger charge is -2.10. The van der Waals surface area contributed by atoms with E-state index in [2.05, 4.69) is 5.32 Å². The second kappa shape index (κ2) is 6.02.